The second-order valence-corrected chi connectivity index (χ2v) is 5.93. The minimum atomic E-state index is -3.87. The molecule has 0 spiro atoms. The van der Waals surface area contributed by atoms with E-state index in [1.54, 1.807) is 6.92 Å². The van der Waals surface area contributed by atoms with Crippen molar-refractivity contribution < 1.29 is 18.0 Å². The van der Waals surface area contributed by atoms with Gasteiger partial charge in [0.15, 0.2) is 6.29 Å². The van der Waals surface area contributed by atoms with Crippen LogP contribution in [0.25, 0.3) is 5.69 Å². The van der Waals surface area contributed by atoms with Crippen LogP contribution in [0.2, 0.25) is 0 Å². The summed E-state index contributed by atoms with van der Waals surface area (Å²) in [4.78, 5) is 21.5. The van der Waals surface area contributed by atoms with E-state index in [0.717, 1.165) is 6.92 Å². The van der Waals surface area contributed by atoms with Gasteiger partial charge in [-0.1, -0.05) is 5.21 Å². The lowest BCUT2D eigenvalue weighted by atomic mass is 10.3. The maximum Gasteiger partial charge on any atom is 0.264 e. The molecule has 2 aromatic rings. The zero-order valence-corrected chi connectivity index (χ0v) is 12.1. The van der Waals surface area contributed by atoms with Gasteiger partial charge in [0.25, 0.3) is 10.0 Å². The zero-order valence-electron chi connectivity index (χ0n) is 11.3. The van der Waals surface area contributed by atoms with E-state index in [4.69, 9.17) is 0 Å². The lowest BCUT2D eigenvalue weighted by Crippen LogP contribution is -2.28. The minimum absolute atomic E-state index is 0.0465. The molecule has 0 atom stereocenters. The van der Waals surface area contributed by atoms with Crippen molar-refractivity contribution in [1.29, 1.82) is 0 Å². The summed E-state index contributed by atoms with van der Waals surface area (Å²) < 4.78 is 26.9. The molecule has 21 heavy (non-hydrogen) atoms. The monoisotopic (exact) mass is 308 g/mol. The number of carbonyl (C=O) groups is 2. The molecule has 8 nitrogen and oxygen atoms in total. The van der Waals surface area contributed by atoms with Gasteiger partial charge in [0.1, 0.15) is 5.69 Å². The predicted octanol–water partition coefficient (Wildman–Crippen LogP) is 0.213. The molecule has 0 radical (unpaired) electrons. The van der Waals surface area contributed by atoms with Crippen molar-refractivity contribution in [3.05, 3.63) is 35.7 Å². The third kappa shape index (κ3) is 2.97. The van der Waals surface area contributed by atoms with Gasteiger partial charge in [-0.15, -0.1) is 5.10 Å². The van der Waals surface area contributed by atoms with Crippen molar-refractivity contribution in [1.82, 2.24) is 19.7 Å². The first-order valence-corrected chi connectivity index (χ1v) is 7.35. The second kappa shape index (κ2) is 5.44. The number of hydrogen-bond donors (Lipinski definition) is 1. The van der Waals surface area contributed by atoms with Gasteiger partial charge in [-0.3, -0.25) is 9.59 Å². The number of aromatic nitrogens is 3. The van der Waals surface area contributed by atoms with Crippen LogP contribution in [-0.2, 0) is 14.8 Å². The molecule has 9 heteroatoms. The highest BCUT2D eigenvalue weighted by Crippen LogP contribution is 2.15. The van der Waals surface area contributed by atoms with Crippen LogP contribution in [0.4, 0.5) is 0 Å². The molecule has 0 unspecified atom stereocenters. The molecule has 0 saturated carbocycles. The highest BCUT2D eigenvalue weighted by atomic mass is 32.2. The standard InChI is InChI=1S/C12H12N4O4S/c1-8-12(7-17)13-15-16(8)10-3-5-11(6-4-10)21(19,20)14-9(2)18/h3-7H,1-2H3,(H,14,18). The Morgan fingerprint density at radius 1 is 1.29 bits per heavy atom. The highest BCUT2D eigenvalue weighted by molar-refractivity contribution is 7.90. The van der Waals surface area contributed by atoms with E-state index in [1.165, 1.54) is 28.9 Å². The van der Waals surface area contributed by atoms with E-state index >= 15 is 0 Å². The van der Waals surface area contributed by atoms with Gasteiger partial charge in [-0.2, -0.15) is 0 Å². The molecular weight excluding hydrogens is 296 g/mol. The first-order valence-electron chi connectivity index (χ1n) is 5.86. The Morgan fingerprint density at radius 3 is 2.38 bits per heavy atom. The molecule has 0 aliphatic carbocycles. The third-order valence-electron chi connectivity index (χ3n) is 2.71. The summed E-state index contributed by atoms with van der Waals surface area (Å²) in [7, 11) is -3.87. The number of aldehydes is 1. The van der Waals surface area contributed by atoms with Crippen LogP contribution in [0, 0.1) is 6.92 Å². The van der Waals surface area contributed by atoms with E-state index in [0.29, 0.717) is 17.7 Å². The molecule has 1 aromatic heterocycles. The molecule has 2 rings (SSSR count). The molecule has 1 amide bonds. The first kappa shape index (κ1) is 14.9. The third-order valence-corrected chi connectivity index (χ3v) is 4.16. The van der Waals surface area contributed by atoms with Crippen LogP contribution in [0.5, 0.6) is 0 Å². The van der Waals surface area contributed by atoms with Gasteiger partial charge in [-0.05, 0) is 31.2 Å². The maximum absolute atomic E-state index is 11.8. The maximum atomic E-state index is 11.8. The predicted molar refractivity (Wildman–Crippen MR) is 72.5 cm³/mol. The Morgan fingerprint density at radius 2 is 1.90 bits per heavy atom. The van der Waals surface area contributed by atoms with Crippen molar-refractivity contribution in [2.45, 2.75) is 18.7 Å². The normalized spacial score (nSPS) is 11.1. The van der Waals surface area contributed by atoms with Crippen molar-refractivity contribution in [3.8, 4) is 5.69 Å². The molecule has 1 aromatic carbocycles. The fourth-order valence-electron chi connectivity index (χ4n) is 1.71. The van der Waals surface area contributed by atoms with E-state index in [9.17, 15) is 18.0 Å². The molecule has 0 saturated heterocycles. The van der Waals surface area contributed by atoms with Crippen LogP contribution in [0.15, 0.2) is 29.2 Å². The summed E-state index contributed by atoms with van der Waals surface area (Å²) in [5.74, 6) is -0.665. The molecule has 1 N–H and O–H groups in total. The van der Waals surface area contributed by atoms with Crippen LogP contribution in [-0.4, -0.2) is 35.6 Å². The van der Waals surface area contributed by atoms with Gasteiger partial charge in [0, 0.05) is 6.92 Å². The van der Waals surface area contributed by atoms with Crippen LogP contribution >= 0.6 is 0 Å². The smallest absolute Gasteiger partial charge is 0.264 e. The molecule has 0 aliphatic rings. The number of rotatable bonds is 4. The Labute approximate surface area is 120 Å². The number of nitrogens with one attached hydrogen (secondary N) is 1. The van der Waals surface area contributed by atoms with Crippen LogP contribution in [0.1, 0.15) is 23.1 Å². The average Bonchev–Trinajstić information content (AvgIpc) is 2.78. The molecule has 0 bridgehead atoms. The van der Waals surface area contributed by atoms with Crippen molar-refractivity contribution >= 4 is 22.2 Å². The Bertz CT molecular complexity index is 793. The van der Waals surface area contributed by atoms with Crippen molar-refractivity contribution in [3.63, 3.8) is 0 Å². The Balaban J connectivity index is 2.37. The summed E-state index contributed by atoms with van der Waals surface area (Å²) in [5, 5.41) is 7.50. The molecule has 0 fully saturated rings. The largest absolute Gasteiger partial charge is 0.296 e. The number of nitrogens with zero attached hydrogens (tertiary/aromatic N) is 3. The van der Waals surface area contributed by atoms with E-state index in [-0.39, 0.29) is 10.6 Å². The van der Waals surface area contributed by atoms with Gasteiger partial charge >= 0.3 is 0 Å². The number of sulfonamides is 1. The van der Waals surface area contributed by atoms with Gasteiger partial charge in [0.05, 0.1) is 16.3 Å². The summed E-state index contributed by atoms with van der Waals surface area (Å²) in [6.07, 6.45) is 0.592. The number of amides is 1. The van der Waals surface area contributed by atoms with Gasteiger partial charge < -0.3 is 0 Å². The summed E-state index contributed by atoms with van der Waals surface area (Å²) in [5.41, 5.74) is 1.31. The van der Waals surface area contributed by atoms with Crippen molar-refractivity contribution in [2.24, 2.45) is 0 Å². The highest BCUT2D eigenvalue weighted by Gasteiger charge is 2.16. The molecule has 110 valence electrons. The second-order valence-electron chi connectivity index (χ2n) is 4.25. The summed E-state index contributed by atoms with van der Waals surface area (Å²) in [6.45, 7) is 2.79. The van der Waals surface area contributed by atoms with Crippen molar-refractivity contribution in [2.75, 3.05) is 0 Å². The topological polar surface area (TPSA) is 111 Å². The quantitative estimate of drug-likeness (QED) is 0.808. The van der Waals surface area contributed by atoms with E-state index in [1.807, 2.05) is 4.72 Å². The lowest BCUT2D eigenvalue weighted by Gasteiger charge is -2.06. The Kier molecular flexibility index (Phi) is 3.85. The van der Waals surface area contributed by atoms with Gasteiger partial charge in [0.2, 0.25) is 5.91 Å². The summed E-state index contributed by atoms with van der Waals surface area (Å²) >= 11 is 0. The lowest BCUT2D eigenvalue weighted by molar-refractivity contribution is -0.117. The minimum Gasteiger partial charge on any atom is -0.296 e. The molecular formula is C12H12N4O4S. The number of benzene rings is 1. The van der Waals surface area contributed by atoms with Crippen LogP contribution in [0.3, 0.4) is 0 Å². The number of hydrogen-bond acceptors (Lipinski definition) is 6. The van der Waals surface area contributed by atoms with Gasteiger partial charge in [-0.25, -0.2) is 17.8 Å². The summed E-state index contributed by atoms with van der Waals surface area (Å²) in [6, 6.07) is 5.68. The zero-order chi connectivity index (χ0) is 15.6. The fraction of sp³-hybridized carbons (Fsp3) is 0.167. The molecule has 1 heterocycles. The number of carbonyl (C=O) groups excluding carboxylic acids is 2. The first-order chi connectivity index (χ1) is 9.85. The molecule has 0 aliphatic heterocycles. The van der Waals surface area contributed by atoms with E-state index < -0.39 is 15.9 Å². The van der Waals surface area contributed by atoms with Crippen LogP contribution < -0.4 is 4.72 Å². The SMILES string of the molecule is CC(=O)NS(=O)(=O)c1ccc(-n2nnc(C=O)c2C)cc1. The fourth-order valence-corrected chi connectivity index (χ4v) is 2.70. The van der Waals surface area contributed by atoms with E-state index in [2.05, 4.69) is 10.3 Å². The average molecular weight is 308 g/mol. The Hall–Kier alpha value is -2.55.